The molecule has 3 aromatic rings. The molecule has 4 nitrogen and oxygen atoms in total. The smallest absolute Gasteiger partial charge is 0.226 e. The summed E-state index contributed by atoms with van der Waals surface area (Å²) in [5.74, 6) is -0.117. The van der Waals surface area contributed by atoms with Crippen LogP contribution in [0.15, 0.2) is 42.5 Å². The molecule has 0 bridgehead atoms. The SMILES string of the molecule is NCC1CCN(c2nc(-c3ccc(F)cc3F)c3ccccc3n2)CC1. The highest BCUT2D eigenvalue weighted by Gasteiger charge is 2.22. The van der Waals surface area contributed by atoms with Crippen molar-refractivity contribution in [1.29, 1.82) is 0 Å². The Labute approximate surface area is 150 Å². The van der Waals surface area contributed by atoms with E-state index < -0.39 is 11.6 Å². The molecule has 2 heterocycles. The predicted octanol–water partition coefficient (Wildman–Crippen LogP) is 3.75. The summed E-state index contributed by atoms with van der Waals surface area (Å²) >= 11 is 0. The summed E-state index contributed by atoms with van der Waals surface area (Å²) in [5, 5.41) is 0.749. The molecule has 1 aromatic heterocycles. The number of piperidine rings is 1. The maximum absolute atomic E-state index is 14.4. The molecular formula is C20H20F2N4. The molecule has 0 amide bonds. The second-order valence-electron chi connectivity index (χ2n) is 6.68. The number of halogens is 2. The van der Waals surface area contributed by atoms with Crippen LogP contribution in [0, 0.1) is 17.6 Å². The number of nitrogens with zero attached hydrogens (tertiary/aromatic N) is 3. The quantitative estimate of drug-likeness (QED) is 0.778. The van der Waals surface area contributed by atoms with Gasteiger partial charge in [0.2, 0.25) is 5.95 Å². The number of anilines is 1. The summed E-state index contributed by atoms with van der Waals surface area (Å²) in [5.41, 5.74) is 7.29. The largest absolute Gasteiger partial charge is 0.341 e. The highest BCUT2D eigenvalue weighted by molar-refractivity contribution is 5.93. The van der Waals surface area contributed by atoms with Crippen molar-refractivity contribution in [2.24, 2.45) is 11.7 Å². The van der Waals surface area contributed by atoms with Gasteiger partial charge in [0.1, 0.15) is 11.6 Å². The van der Waals surface area contributed by atoms with E-state index in [9.17, 15) is 8.78 Å². The van der Waals surface area contributed by atoms with Crippen molar-refractivity contribution in [2.45, 2.75) is 12.8 Å². The number of aromatic nitrogens is 2. The third kappa shape index (κ3) is 3.12. The Bertz CT molecular complexity index is 936. The van der Waals surface area contributed by atoms with Gasteiger partial charge in [0, 0.05) is 30.1 Å². The van der Waals surface area contributed by atoms with Crippen LogP contribution < -0.4 is 10.6 Å². The summed E-state index contributed by atoms with van der Waals surface area (Å²) < 4.78 is 27.7. The van der Waals surface area contributed by atoms with E-state index in [1.807, 2.05) is 24.3 Å². The summed E-state index contributed by atoms with van der Waals surface area (Å²) in [6.45, 7) is 2.34. The first kappa shape index (κ1) is 16.8. The van der Waals surface area contributed by atoms with Crippen LogP contribution in [-0.2, 0) is 0 Å². The normalized spacial score (nSPS) is 15.6. The predicted molar refractivity (Wildman–Crippen MR) is 98.9 cm³/mol. The Hall–Kier alpha value is -2.60. The number of hydrogen-bond donors (Lipinski definition) is 1. The van der Waals surface area contributed by atoms with E-state index in [4.69, 9.17) is 5.73 Å². The average molecular weight is 354 g/mol. The molecule has 0 atom stereocenters. The van der Waals surface area contributed by atoms with Gasteiger partial charge in [-0.05, 0) is 43.5 Å². The third-order valence-corrected chi connectivity index (χ3v) is 5.01. The van der Waals surface area contributed by atoms with Crippen LogP contribution in [0.2, 0.25) is 0 Å². The lowest BCUT2D eigenvalue weighted by Crippen LogP contribution is -2.37. The molecular weight excluding hydrogens is 334 g/mol. The molecule has 134 valence electrons. The van der Waals surface area contributed by atoms with Gasteiger partial charge in [0.15, 0.2) is 0 Å². The molecule has 0 spiro atoms. The Morgan fingerprint density at radius 1 is 1.04 bits per heavy atom. The molecule has 0 unspecified atom stereocenters. The molecule has 0 aliphatic carbocycles. The highest BCUT2D eigenvalue weighted by Crippen LogP contribution is 2.31. The van der Waals surface area contributed by atoms with E-state index in [0.717, 1.165) is 42.9 Å². The van der Waals surface area contributed by atoms with Gasteiger partial charge in [-0.15, -0.1) is 0 Å². The monoisotopic (exact) mass is 354 g/mol. The van der Waals surface area contributed by atoms with Crippen LogP contribution in [-0.4, -0.2) is 29.6 Å². The van der Waals surface area contributed by atoms with Gasteiger partial charge in [0.25, 0.3) is 0 Å². The molecule has 4 rings (SSSR count). The van der Waals surface area contributed by atoms with Crippen LogP contribution in [0.4, 0.5) is 14.7 Å². The fourth-order valence-corrected chi connectivity index (χ4v) is 3.46. The molecule has 2 aromatic carbocycles. The van der Waals surface area contributed by atoms with E-state index in [2.05, 4.69) is 14.9 Å². The molecule has 1 saturated heterocycles. The fraction of sp³-hybridized carbons (Fsp3) is 0.300. The van der Waals surface area contributed by atoms with E-state index in [1.165, 1.54) is 12.1 Å². The van der Waals surface area contributed by atoms with Gasteiger partial charge in [-0.1, -0.05) is 18.2 Å². The number of rotatable bonds is 3. The number of benzene rings is 2. The van der Waals surface area contributed by atoms with Crippen molar-refractivity contribution < 1.29 is 8.78 Å². The van der Waals surface area contributed by atoms with Gasteiger partial charge >= 0.3 is 0 Å². The molecule has 0 radical (unpaired) electrons. The zero-order valence-electron chi connectivity index (χ0n) is 14.3. The van der Waals surface area contributed by atoms with Gasteiger partial charge in [-0.25, -0.2) is 18.7 Å². The van der Waals surface area contributed by atoms with Crippen molar-refractivity contribution in [2.75, 3.05) is 24.5 Å². The van der Waals surface area contributed by atoms with Gasteiger partial charge < -0.3 is 10.6 Å². The van der Waals surface area contributed by atoms with Crippen LogP contribution in [0.5, 0.6) is 0 Å². The first-order valence-corrected chi connectivity index (χ1v) is 8.83. The molecule has 1 aliphatic heterocycles. The zero-order chi connectivity index (χ0) is 18.1. The Balaban J connectivity index is 1.81. The molecule has 0 saturated carbocycles. The first-order chi connectivity index (χ1) is 12.7. The maximum Gasteiger partial charge on any atom is 0.226 e. The first-order valence-electron chi connectivity index (χ1n) is 8.83. The Kier molecular flexibility index (Phi) is 4.51. The van der Waals surface area contributed by atoms with Crippen molar-refractivity contribution in [1.82, 2.24) is 9.97 Å². The van der Waals surface area contributed by atoms with E-state index in [-0.39, 0.29) is 5.56 Å². The molecule has 2 N–H and O–H groups in total. The van der Waals surface area contributed by atoms with Crippen LogP contribution in [0.3, 0.4) is 0 Å². The standard InChI is InChI=1S/C20H20F2N4/c21-14-5-6-15(17(22)11-14)19-16-3-1-2-4-18(16)24-20(25-19)26-9-7-13(12-23)8-10-26/h1-6,11,13H,7-10,12,23H2. The minimum Gasteiger partial charge on any atom is -0.341 e. The van der Waals surface area contributed by atoms with Crippen molar-refractivity contribution in [3.8, 4) is 11.3 Å². The van der Waals surface area contributed by atoms with Crippen LogP contribution in [0.1, 0.15) is 12.8 Å². The van der Waals surface area contributed by atoms with Crippen LogP contribution in [0.25, 0.3) is 22.2 Å². The topological polar surface area (TPSA) is 55.0 Å². The average Bonchev–Trinajstić information content (AvgIpc) is 2.67. The maximum atomic E-state index is 14.4. The number of fused-ring (bicyclic) bond motifs is 1. The second-order valence-corrected chi connectivity index (χ2v) is 6.68. The van der Waals surface area contributed by atoms with Crippen molar-refractivity contribution in [3.05, 3.63) is 54.1 Å². The third-order valence-electron chi connectivity index (χ3n) is 5.01. The van der Waals surface area contributed by atoms with E-state index in [1.54, 1.807) is 0 Å². The lowest BCUT2D eigenvalue weighted by Gasteiger charge is -2.31. The molecule has 1 fully saturated rings. The van der Waals surface area contributed by atoms with Gasteiger partial charge in [0.05, 0.1) is 11.2 Å². The molecule has 1 aliphatic rings. The lowest BCUT2D eigenvalue weighted by molar-refractivity contribution is 0.411. The second kappa shape index (κ2) is 6.96. The Morgan fingerprint density at radius 3 is 2.54 bits per heavy atom. The van der Waals surface area contributed by atoms with Crippen molar-refractivity contribution in [3.63, 3.8) is 0 Å². The van der Waals surface area contributed by atoms with E-state index in [0.29, 0.717) is 24.1 Å². The zero-order valence-corrected chi connectivity index (χ0v) is 14.3. The fourth-order valence-electron chi connectivity index (χ4n) is 3.46. The summed E-state index contributed by atoms with van der Waals surface area (Å²) in [6, 6.07) is 11.1. The van der Waals surface area contributed by atoms with Gasteiger partial charge in [-0.2, -0.15) is 0 Å². The summed E-state index contributed by atoms with van der Waals surface area (Å²) in [7, 11) is 0. The Morgan fingerprint density at radius 2 is 1.81 bits per heavy atom. The minimum absolute atomic E-state index is 0.281. The highest BCUT2D eigenvalue weighted by atomic mass is 19.1. The summed E-state index contributed by atoms with van der Waals surface area (Å²) in [4.78, 5) is 11.4. The number of hydrogen-bond acceptors (Lipinski definition) is 4. The lowest BCUT2D eigenvalue weighted by atomic mass is 9.97. The number of para-hydroxylation sites is 1. The molecule has 6 heteroatoms. The van der Waals surface area contributed by atoms with Gasteiger partial charge in [-0.3, -0.25) is 0 Å². The minimum atomic E-state index is -0.623. The number of nitrogens with two attached hydrogens (primary N) is 1. The van der Waals surface area contributed by atoms with E-state index >= 15 is 0 Å². The van der Waals surface area contributed by atoms with Crippen molar-refractivity contribution >= 4 is 16.9 Å². The summed E-state index contributed by atoms with van der Waals surface area (Å²) in [6.07, 6.45) is 1.99. The molecule has 26 heavy (non-hydrogen) atoms. The van der Waals surface area contributed by atoms with Crippen LogP contribution >= 0.6 is 0 Å².